The lowest BCUT2D eigenvalue weighted by Crippen LogP contribution is -2.17. The Hall–Kier alpha value is -2.78. The SMILES string of the molecule is NCC(C1=CCCc2ccc(O)cc21)c1cccc2ccc(O)cc12. The maximum Gasteiger partial charge on any atom is 0.116 e. The molecule has 0 aliphatic heterocycles. The highest BCUT2D eigenvalue weighted by atomic mass is 16.3. The van der Waals surface area contributed by atoms with Crippen molar-refractivity contribution in [1.29, 1.82) is 0 Å². The van der Waals surface area contributed by atoms with Gasteiger partial charge in [0.25, 0.3) is 0 Å². The summed E-state index contributed by atoms with van der Waals surface area (Å²) in [5, 5.41) is 22.0. The molecule has 1 unspecified atom stereocenters. The number of aryl methyl sites for hydroxylation is 1. The van der Waals surface area contributed by atoms with Crippen LogP contribution in [0.25, 0.3) is 16.3 Å². The number of benzene rings is 3. The predicted molar refractivity (Wildman–Crippen MR) is 102 cm³/mol. The van der Waals surface area contributed by atoms with E-state index in [0.717, 1.165) is 40.3 Å². The second-order valence-corrected chi connectivity index (χ2v) is 6.58. The molecule has 1 aliphatic rings. The lowest BCUT2D eigenvalue weighted by molar-refractivity contribution is 0.474. The summed E-state index contributed by atoms with van der Waals surface area (Å²) >= 11 is 0. The molecule has 0 fully saturated rings. The number of fused-ring (bicyclic) bond motifs is 2. The van der Waals surface area contributed by atoms with Crippen molar-refractivity contribution in [3.63, 3.8) is 0 Å². The second-order valence-electron chi connectivity index (χ2n) is 6.58. The first-order valence-corrected chi connectivity index (χ1v) is 8.61. The van der Waals surface area contributed by atoms with Gasteiger partial charge in [-0.15, -0.1) is 0 Å². The average Bonchev–Trinajstić information content (AvgIpc) is 2.63. The van der Waals surface area contributed by atoms with E-state index in [9.17, 15) is 10.2 Å². The van der Waals surface area contributed by atoms with Crippen LogP contribution in [-0.2, 0) is 6.42 Å². The monoisotopic (exact) mass is 331 g/mol. The van der Waals surface area contributed by atoms with Gasteiger partial charge in [0, 0.05) is 12.5 Å². The fourth-order valence-electron chi connectivity index (χ4n) is 3.88. The third-order valence-corrected chi connectivity index (χ3v) is 5.07. The Morgan fingerprint density at radius 1 is 0.960 bits per heavy atom. The van der Waals surface area contributed by atoms with E-state index >= 15 is 0 Å². The average molecular weight is 331 g/mol. The molecular formula is C22H21NO2. The van der Waals surface area contributed by atoms with Crippen LogP contribution < -0.4 is 5.73 Å². The van der Waals surface area contributed by atoms with Gasteiger partial charge in [0.05, 0.1) is 0 Å². The molecule has 25 heavy (non-hydrogen) atoms. The lowest BCUT2D eigenvalue weighted by atomic mass is 9.79. The Kier molecular flexibility index (Phi) is 3.94. The zero-order valence-electron chi connectivity index (χ0n) is 13.9. The zero-order chi connectivity index (χ0) is 17.4. The summed E-state index contributed by atoms with van der Waals surface area (Å²) in [5.74, 6) is 0.552. The van der Waals surface area contributed by atoms with Gasteiger partial charge in [0.2, 0.25) is 0 Å². The molecule has 1 atom stereocenters. The van der Waals surface area contributed by atoms with E-state index in [1.165, 1.54) is 5.56 Å². The van der Waals surface area contributed by atoms with Crippen molar-refractivity contribution in [3.05, 3.63) is 77.4 Å². The molecule has 3 aromatic carbocycles. The summed E-state index contributed by atoms with van der Waals surface area (Å²) in [7, 11) is 0. The highest BCUT2D eigenvalue weighted by Gasteiger charge is 2.23. The highest BCUT2D eigenvalue weighted by Crippen LogP contribution is 2.40. The maximum atomic E-state index is 9.95. The van der Waals surface area contributed by atoms with Gasteiger partial charge < -0.3 is 15.9 Å². The molecule has 0 aromatic heterocycles. The Balaban J connectivity index is 1.89. The van der Waals surface area contributed by atoms with Crippen LogP contribution in [0.2, 0.25) is 0 Å². The Bertz CT molecular complexity index is 975. The molecule has 3 aromatic rings. The van der Waals surface area contributed by atoms with E-state index in [-0.39, 0.29) is 17.4 Å². The first-order chi connectivity index (χ1) is 12.2. The Morgan fingerprint density at radius 3 is 2.60 bits per heavy atom. The van der Waals surface area contributed by atoms with Crippen molar-refractivity contribution >= 4 is 16.3 Å². The molecule has 0 saturated carbocycles. The number of phenolic OH excluding ortho intramolecular Hbond substituents is 2. The zero-order valence-corrected chi connectivity index (χ0v) is 13.9. The third kappa shape index (κ3) is 2.77. The number of nitrogens with two attached hydrogens (primary N) is 1. The first-order valence-electron chi connectivity index (χ1n) is 8.61. The number of rotatable bonds is 3. The van der Waals surface area contributed by atoms with Gasteiger partial charge in [-0.1, -0.05) is 36.4 Å². The Morgan fingerprint density at radius 2 is 1.76 bits per heavy atom. The van der Waals surface area contributed by atoms with E-state index < -0.39 is 0 Å². The first kappa shape index (κ1) is 15.7. The standard InChI is InChI=1S/C22H21NO2/c23-13-22(18-5-1-3-14-7-9-16(24)11-20(14)18)19-6-2-4-15-8-10-17(25)12-21(15)19/h1,3,5-12,22,24-25H,2,4,13,23H2. The van der Waals surface area contributed by atoms with Crippen LogP contribution in [0.5, 0.6) is 11.5 Å². The van der Waals surface area contributed by atoms with E-state index in [0.29, 0.717) is 6.54 Å². The van der Waals surface area contributed by atoms with Crippen molar-refractivity contribution in [2.75, 3.05) is 6.54 Å². The summed E-state index contributed by atoms with van der Waals surface area (Å²) in [6.07, 6.45) is 4.19. The number of aromatic hydroxyl groups is 2. The fraction of sp³-hybridized carbons (Fsp3) is 0.182. The molecule has 4 N–H and O–H groups in total. The lowest BCUT2D eigenvalue weighted by Gasteiger charge is -2.26. The molecule has 0 bridgehead atoms. The van der Waals surface area contributed by atoms with E-state index in [4.69, 9.17) is 5.73 Å². The largest absolute Gasteiger partial charge is 0.508 e. The van der Waals surface area contributed by atoms with Gasteiger partial charge in [-0.25, -0.2) is 0 Å². The van der Waals surface area contributed by atoms with Crippen molar-refractivity contribution in [2.45, 2.75) is 18.8 Å². The van der Waals surface area contributed by atoms with Gasteiger partial charge in [0.15, 0.2) is 0 Å². The van der Waals surface area contributed by atoms with Gasteiger partial charge in [-0.05, 0) is 70.1 Å². The van der Waals surface area contributed by atoms with Crippen molar-refractivity contribution in [3.8, 4) is 11.5 Å². The van der Waals surface area contributed by atoms with E-state index in [1.54, 1.807) is 18.2 Å². The number of phenols is 2. The molecule has 4 rings (SSSR count). The fourth-order valence-corrected chi connectivity index (χ4v) is 3.88. The maximum absolute atomic E-state index is 9.95. The van der Waals surface area contributed by atoms with Gasteiger partial charge in [-0.2, -0.15) is 0 Å². The van der Waals surface area contributed by atoms with Crippen molar-refractivity contribution < 1.29 is 10.2 Å². The molecule has 0 heterocycles. The van der Waals surface area contributed by atoms with Crippen LogP contribution in [0.3, 0.4) is 0 Å². The smallest absolute Gasteiger partial charge is 0.116 e. The van der Waals surface area contributed by atoms with Crippen molar-refractivity contribution in [1.82, 2.24) is 0 Å². The predicted octanol–water partition coefficient (Wildman–Crippen LogP) is 4.32. The van der Waals surface area contributed by atoms with Gasteiger partial charge >= 0.3 is 0 Å². The van der Waals surface area contributed by atoms with Gasteiger partial charge in [-0.3, -0.25) is 0 Å². The summed E-state index contributed by atoms with van der Waals surface area (Å²) in [6.45, 7) is 0.468. The topological polar surface area (TPSA) is 66.5 Å². The molecule has 3 nitrogen and oxygen atoms in total. The second kappa shape index (κ2) is 6.26. The van der Waals surface area contributed by atoms with Crippen LogP contribution >= 0.6 is 0 Å². The van der Waals surface area contributed by atoms with Crippen molar-refractivity contribution in [2.24, 2.45) is 5.73 Å². The molecule has 0 saturated heterocycles. The molecule has 0 spiro atoms. The normalized spacial score (nSPS) is 14.8. The van der Waals surface area contributed by atoms with E-state index in [2.05, 4.69) is 12.1 Å². The van der Waals surface area contributed by atoms with Crippen LogP contribution in [0, 0.1) is 0 Å². The summed E-state index contributed by atoms with van der Waals surface area (Å²) in [4.78, 5) is 0. The third-order valence-electron chi connectivity index (χ3n) is 5.07. The molecular weight excluding hydrogens is 310 g/mol. The minimum absolute atomic E-state index is 0.0198. The summed E-state index contributed by atoms with van der Waals surface area (Å²) in [5.41, 5.74) is 10.8. The molecule has 126 valence electrons. The van der Waals surface area contributed by atoms with Crippen LogP contribution in [-0.4, -0.2) is 16.8 Å². The molecule has 3 heteroatoms. The minimum Gasteiger partial charge on any atom is -0.508 e. The van der Waals surface area contributed by atoms with E-state index in [1.807, 2.05) is 30.3 Å². The highest BCUT2D eigenvalue weighted by molar-refractivity contribution is 5.90. The number of allylic oxidation sites excluding steroid dienone is 1. The van der Waals surface area contributed by atoms with Crippen LogP contribution in [0.15, 0.2) is 60.7 Å². The molecule has 0 amide bonds. The molecule has 0 radical (unpaired) electrons. The van der Waals surface area contributed by atoms with Gasteiger partial charge in [0.1, 0.15) is 11.5 Å². The summed E-state index contributed by atoms with van der Waals surface area (Å²) in [6, 6.07) is 17.2. The summed E-state index contributed by atoms with van der Waals surface area (Å²) < 4.78 is 0. The number of hydrogen-bond donors (Lipinski definition) is 3. The van der Waals surface area contributed by atoms with Crippen LogP contribution in [0.4, 0.5) is 0 Å². The van der Waals surface area contributed by atoms with Crippen LogP contribution in [0.1, 0.15) is 29.0 Å². The quantitative estimate of drug-likeness (QED) is 0.669. The Labute approximate surface area is 147 Å². The number of hydrogen-bond acceptors (Lipinski definition) is 3. The molecule has 1 aliphatic carbocycles. The minimum atomic E-state index is 0.0198.